The predicted molar refractivity (Wildman–Crippen MR) is 128 cm³/mol. The molecule has 0 aliphatic rings. The van der Waals surface area contributed by atoms with Crippen LogP contribution in [0.5, 0.6) is 11.5 Å². The summed E-state index contributed by atoms with van der Waals surface area (Å²) >= 11 is 1.58. The van der Waals surface area contributed by atoms with Crippen molar-refractivity contribution >= 4 is 29.0 Å². The summed E-state index contributed by atoms with van der Waals surface area (Å²) in [5, 5.41) is 0. The first kappa shape index (κ1) is 26.3. The van der Waals surface area contributed by atoms with Crippen molar-refractivity contribution < 1.29 is 28.6 Å². The molecule has 0 fully saturated rings. The highest BCUT2D eigenvalue weighted by Crippen LogP contribution is 2.46. The summed E-state index contributed by atoms with van der Waals surface area (Å²) in [5.41, 5.74) is 2.92. The van der Waals surface area contributed by atoms with Crippen molar-refractivity contribution in [3.63, 3.8) is 0 Å². The Morgan fingerprint density at radius 1 is 0.645 bits per heavy atom. The highest BCUT2D eigenvalue weighted by Gasteiger charge is 2.26. The predicted octanol–water partition coefficient (Wildman–Crippen LogP) is 6.23. The first-order valence-corrected chi connectivity index (χ1v) is 12.9. The maximum Gasteiger partial charge on any atom is 0.391 e. The second kappa shape index (κ2) is 9.93. The zero-order valence-electron chi connectivity index (χ0n) is 19.2. The monoisotopic (exact) mass is 486 g/mol. The molecule has 172 valence electrons. The van der Waals surface area contributed by atoms with Crippen LogP contribution in [0, 0.1) is 13.8 Å². The summed E-state index contributed by atoms with van der Waals surface area (Å²) in [7, 11) is -5.01. The van der Waals surface area contributed by atoms with Gasteiger partial charge in [0.15, 0.2) is 0 Å². The van der Waals surface area contributed by atoms with Crippen LogP contribution in [-0.2, 0) is 10.8 Å². The van der Waals surface area contributed by atoms with Crippen molar-refractivity contribution in [3.8, 4) is 11.5 Å². The molecule has 0 saturated carbocycles. The highest BCUT2D eigenvalue weighted by atomic mass is 32.2. The Balaban J connectivity index is 2.55. The Kier molecular flexibility index (Phi) is 8.43. The van der Waals surface area contributed by atoms with Gasteiger partial charge in [0.25, 0.3) is 0 Å². The smallest absolute Gasteiger partial charge is 0.391 e. The fourth-order valence-electron chi connectivity index (χ4n) is 3.26. The summed E-state index contributed by atoms with van der Waals surface area (Å²) in [5.74, 6) is 1.00. The minimum Gasteiger partial charge on any atom is -0.426 e. The van der Waals surface area contributed by atoms with E-state index < -0.39 is 17.2 Å². The molecule has 0 radical (unpaired) electrons. The molecule has 0 aliphatic carbocycles. The molecule has 9 heteroatoms. The lowest BCUT2D eigenvalue weighted by molar-refractivity contribution is 0.366. The van der Waals surface area contributed by atoms with Gasteiger partial charge in [-0.2, -0.15) is 0 Å². The largest absolute Gasteiger partial charge is 0.426 e. The zero-order chi connectivity index (χ0) is 23.7. The Morgan fingerprint density at radius 2 is 0.968 bits per heavy atom. The van der Waals surface area contributed by atoms with E-state index in [-0.39, 0.29) is 10.8 Å². The molecule has 0 saturated heterocycles. The minimum atomic E-state index is -2.51. The summed E-state index contributed by atoms with van der Waals surface area (Å²) in [6, 6.07) is 7.96. The van der Waals surface area contributed by atoms with Crippen LogP contribution in [0.25, 0.3) is 0 Å². The molecule has 6 nitrogen and oxygen atoms in total. The Morgan fingerprint density at radius 3 is 1.23 bits per heavy atom. The lowest BCUT2D eigenvalue weighted by Gasteiger charge is -2.26. The second-order valence-electron chi connectivity index (χ2n) is 9.52. The van der Waals surface area contributed by atoms with Gasteiger partial charge >= 0.3 is 17.2 Å². The molecule has 4 N–H and O–H groups in total. The zero-order valence-corrected chi connectivity index (χ0v) is 21.8. The average Bonchev–Trinajstić information content (AvgIpc) is 2.56. The first-order valence-electron chi connectivity index (χ1n) is 9.79. The van der Waals surface area contributed by atoms with Crippen LogP contribution in [0.4, 0.5) is 0 Å². The molecule has 31 heavy (non-hydrogen) atoms. The number of rotatable bonds is 6. The van der Waals surface area contributed by atoms with E-state index in [0.29, 0.717) is 11.5 Å². The lowest BCUT2D eigenvalue weighted by Crippen LogP contribution is -2.14. The number of hydrogen-bond acceptors (Lipinski definition) is 7. The molecule has 0 spiro atoms. The normalized spacial score (nSPS) is 12.6. The maximum absolute atomic E-state index is 9.40. The van der Waals surface area contributed by atoms with Crippen molar-refractivity contribution in [2.45, 2.75) is 76.0 Å². The van der Waals surface area contributed by atoms with Crippen molar-refractivity contribution in [1.82, 2.24) is 0 Å². The number of hydrogen-bond donors (Lipinski definition) is 4. The quantitative estimate of drug-likeness (QED) is 0.359. The molecule has 0 aliphatic heterocycles. The molecule has 2 rings (SSSR count). The van der Waals surface area contributed by atoms with Crippen LogP contribution in [0.15, 0.2) is 34.1 Å². The molecule has 0 heterocycles. The van der Waals surface area contributed by atoms with E-state index in [1.54, 1.807) is 11.8 Å². The van der Waals surface area contributed by atoms with Gasteiger partial charge in [0.05, 0.1) is 0 Å². The molecule has 0 aromatic heterocycles. The summed E-state index contributed by atoms with van der Waals surface area (Å²) in [6.45, 7) is 16.1. The van der Waals surface area contributed by atoms with Gasteiger partial charge in [0.1, 0.15) is 11.5 Å². The van der Waals surface area contributed by atoms with Crippen molar-refractivity contribution in [2.75, 3.05) is 0 Å². The number of aryl methyl sites for hydroxylation is 2. The van der Waals surface area contributed by atoms with Gasteiger partial charge in [-0.05, 0) is 60.1 Å². The Hall–Kier alpha value is -0.910. The molecule has 2 aromatic carbocycles. The van der Waals surface area contributed by atoms with Gasteiger partial charge in [-0.1, -0.05) is 53.3 Å². The van der Waals surface area contributed by atoms with Crippen LogP contribution in [0.3, 0.4) is 0 Å². The van der Waals surface area contributed by atoms with Gasteiger partial charge in [-0.25, -0.2) is 0 Å². The third kappa shape index (κ3) is 7.03. The van der Waals surface area contributed by atoms with Crippen molar-refractivity contribution in [1.29, 1.82) is 0 Å². The van der Waals surface area contributed by atoms with E-state index in [1.165, 1.54) is 0 Å². The van der Waals surface area contributed by atoms with Gasteiger partial charge in [0.2, 0.25) is 0 Å². The van der Waals surface area contributed by atoms with Crippen molar-refractivity contribution in [2.24, 2.45) is 0 Å². The molecule has 0 unspecified atom stereocenters. The van der Waals surface area contributed by atoms with Crippen LogP contribution in [0.2, 0.25) is 0 Å². The topological polar surface area (TPSA) is 99.4 Å². The van der Waals surface area contributed by atoms with Gasteiger partial charge in [0, 0.05) is 20.9 Å². The fraction of sp³-hybridized carbons (Fsp3) is 0.455. The Labute approximate surface area is 191 Å². The van der Waals surface area contributed by atoms with Crippen molar-refractivity contribution in [3.05, 3.63) is 46.5 Å². The van der Waals surface area contributed by atoms with Gasteiger partial charge < -0.3 is 28.6 Å². The van der Waals surface area contributed by atoms with E-state index in [9.17, 15) is 19.6 Å². The van der Waals surface area contributed by atoms with E-state index >= 15 is 0 Å². The van der Waals surface area contributed by atoms with Crippen LogP contribution >= 0.6 is 29.0 Å². The minimum absolute atomic E-state index is 0.258. The Bertz CT molecular complexity index is 858. The van der Waals surface area contributed by atoms with Crippen LogP contribution in [0.1, 0.15) is 63.8 Å². The molecular formula is C22H32O6P2S. The fourth-order valence-corrected chi connectivity index (χ4v) is 5.16. The maximum atomic E-state index is 9.40. The third-order valence-electron chi connectivity index (χ3n) is 4.69. The molecule has 0 amide bonds. The van der Waals surface area contributed by atoms with E-state index in [0.717, 1.165) is 32.0 Å². The summed E-state index contributed by atoms with van der Waals surface area (Å²) in [6.07, 6.45) is 0. The second-order valence-corrected chi connectivity index (χ2v) is 12.0. The van der Waals surface area contributed by atoms with Crippen LogP contribution < -0.4 is 9.05 Å². The lowest BCUT2D eigenvalue weighted by atomic mass is 9.85. The molecule has 0 atom stereocenters. The van der Waals surface area contributed by atoms with E-state index in [1.807, 2.05) is 38.1 Å². The SMILES string of the molecule is Cc1cc(Sc2cc(C)c(OP(O)O)c(C(C)(C)C)c2)cc(C(C)(C)C)c1OP(O)O. The number of benzene rings is 2. The summed E-state index contributed by atoms with van der Waals surface area (Å²) in [4.78, 5) is 39.6. The van der Waals surface area contributed by atoms with E-state index in [2.05, 4.69) is 41.5 Å². The van der Waals surface area contributed by atoms with Crippen LogP contribution in [-0.4, -0.2) is 19.6 Å². The standard InChI is InChI=1S/C22H32O6P2S/c1-13-9-15(11-17(21(3,4)5)19(13)27-29(23)24)31-16-10-14(2)20(28-30(25)26)18(12-16)22(6,7)8/h9-12,23-26H,1-8H3. The average molecular weight is 487 g/mol. The van der Waals surface area contributed by atoms with E-state index in [4.69, 9.17) is 9.05 Å². The van der Waals surface area contributed by atoms with Gasteiger partial charge in [-0.15, -0.1) is 0 Å². The molecular weight excluding hydrogens is 454 g/mol. The van der Waals surface area contributed by atoms with Gasteiger partial charge in [-0.3, -0.25) is 0 Å². The molecule has 0 bridgehead atoms. The molecule has 2 aromatic rings. The highest BCUT2D eigenvalue weighted by molar-refractivity contribution is 7.99. The summed E-state index contributed by atoms with van der Waals surface area (Å²) < 4.78 is 10.7. The third-order valence-corrected chi connectivity index (χ3v) is 6.33. The first-order chi connectivity index (χ1) is 14.1.